The molecule has 1 unspecified atom stereocenters. The predicted octanol–water partition coefficient (Wildman–Crippen LogP) is 4.62. The molecule has 1 aliphatic carbocycles. The number of hydrogen-bond donors (Lipinski definition) is 1. The second kappa shape index (κ2) is 8.42. The maximum Gasteiger partial charge on any atom is 0.259 e. The zero-order valence-corrected chi connectivity index (χ0v) is 18.3. The molecule has 1 aromatic carbocycles. The van der Waals surface area contributed by atoms with Gasteiger partial charge >= 0.3 is 0 Å². The second-order valence-corrected chi connectivity index (χ2v) is 9.25. The van der Waals surface area contributed by atoms with E-state index in [2.05, 4.69) is 34.2 Å². The van der Waals surface area contributed by atoms with Crippen LogP contribution in [0.2, 0.25) is 0 Å². The van der Waals surface area contributed by atoms with Crippen LogP contribution in [0.5, 0.6) is 0 Å². The van der Waals surface area contributed by atoms with Crippen LogP contribution in [0.25, 0.3) is 22.4 Å². The first-order valence-corrected chi connectivity index (χ1v) is 11.5. The molecule has 1 amide bonds. The van der Waals surface area contributed by atoms with E-state index in [1.54, 1.807) is 0 Å². The van der Waals surface area contributed by atoms with E-state index in [1.807, 2.05) is 36.4 Å². The summed E-state index contributed by atoms with van der Waals surface area (Å²) >= 11 is 0. The van der Waals surface area contributed by atoms with Gasteiger partial charge in [-0.2, -0.15) is 0 Å². The monoisotopic (exact) mass is 418 g/mol. The highest BCUT2D eigenvalue weighted by atomic mass is 16.5. The molecule has 3 aromatic rings. The van der Waals surface area contributed by atoms with Gasteiger partial charge in [-0.1, -0.05) is 35.5 Å². The van der Waals surface area contributed by atoms with Gasteiger partial charge in [0, 0.05) is 36.3 Å². The Morgan fingerprint density at radius 1 is 1.23 bits per heavy atom. The minimum Gasteiger partial charge on any atom is -0.352 e. The highest BCUT2D eigenvalue weighted by Gasteiger charge is 2.30. The Hall–Kier alpha value is -2.73. The van der Waals surface area contributed by atoms with E-state index in [0.717, 1.165) is 43.6 Å². The van der Waals surface area contributed by atoms with Gasteiger partial charge in [0.05, 0.1) is 10.9 Å². The van der Waals surface area contributed by atoms with E-state index in [9.17, 15) is 4.79 Å². The maximum absolute atomic E-state index is 13.4. The normalized spacial score (nSPS) is 19.8. The van der Waals surface area contributed by atoms with Crippen LogP contribution in [0.3, 0.4) is 0 Å². The average molecular weight is 419 g/mol. The summed E-state index contributed by atoms with van der Waals surface area (Å²) in [6.07, 6.45) is 4.58. The molecule has 31 heavy (non-hydrogen) atoms. The fraction of sp³-hybridized carbons (Fsp3) is 0.480. The highest BCUT2D eigenvalue weighted by Crippen LogP contribution is 2.41. The topological polar surface area (TPSA) is 71.3 Å². The summed E-state index contributed by atoms with van der Waals surface area (Å²) in [5, 5.41) is 8.21. The molecule has 0 radical (unpaired) electrons. The largest absolute Gasteiger partial charge is 0.352 e. The molecule has 0 spiro atoms. The van der Waals surface area contributed by atoms with Crippen LogP contribution in [-0.4, -0.2) is 46.6 Å². The van der Waals surface area contributed by atoms with Gasteiger partial charge in [0.1, 0.15) is 5.69 Å². The molecule has 1 N–H and O–H groups in total. The Bertz CT molecular complexity index is 1070. The SMILES string of the molecule is CC(C)N1CCCC(CNC(=O)c2cc(C3CC3)nc3onc(-c4ccccc4)c23)C1. The first-order chi connectivity index (χ1) is 15.1. The van der Waals surface area contributed by atoms with Crippen LogP contribution in [0.1, 0.15) is 61.5 Å². The quantitative estimate of drug-likeness (QED) is 0.633. The van der Waals surface area contributed by atoms with Gasteiger partial charge in [-0.05, 0) is 58.1 Å². The lowest BCUT2D eigenvalue weighted by atomic mass is 9.96. The Morgan fingerprint density at radius 3 is 2.77 bits per heavy atom. The number of fused-ring (bicyclic) bond motifs is 1. The highest BCUT2D eigenvalue weighted by molar-refractivity contribution is 6.09. The number of nitrogens with zero attached hydrogens (tertiary/aromatic N) is 3. The lowest BCUT2D eigenvalue weighted by molar-refractivity contribution is 0.0924. The van der Waals surface area contributed by atoms with Gasteiger partial charge < -0.3 is 14.7 Å². The van der Waals surface area contributed by atoms with Crippen molar-refractivity contribution in [3.63, 3.8) is 0 Å². The van der Waals surface area contributed by atoms with Gasteiger partial charge in [-0.3, -0.25) is 4.79 Å². The van der Waals surface area contributed by atoms with Crippen molar-refractivity contribution < 1.29 is 9.32 Å². The third-order valence-corrected chi connectivity index (χ3v) is 6.59. The smallest absolute Gasteiger partial charge is 0.259 e. The number of pyridine rings is 1. The molecule has 162 valence electrons. The molecule has 1 saturated heterocycles. The van der Waals surface area contributed by atoms with Crippen LogP contribution in [-0.2, 0) is 0 Å². The third kappa shape index (κ3) is 4.22. The van der Waals surface area contributed by atoms with E-state index in [1.165, 1.54) is 6.42 Å². The van der Waals surface area contributed by atoms with E-state index >= 15 is 0 Å². The standard InChI is InChI=1S/C25H30N4O2/c1-16(2)29-12-6-7-17(15-29)14-26-24(30)20-13-21(18-10-11-18)27-25-22(20)23(28-31-25)19-8-4-3-5-9-19/h3-5,8-9,13,16-18H,6-7,10-12,14-15H2,1-2H3,(H,26,30). The number of benzene rings is 1. The van der Waals surface area contributed by atoms with Crippen molar-refractivity contribution in [2.24, 2.45) is 5.92 Å². The van der Waals surface area contributed by atoms with Gasteiger partial charge in [0.25, 0.3) is 11.6 Å². The Balaban J connectivity index is 1.43. The van der Waals surface area contributed by atoms with Crippen molar-refractivity contribution in [1.29, 1.82) is 0 Å². The number of nitrogens with one attached hydrogen (secondary N) is 1. The van der Waals surface area contributed by atoms with Gasteiger partial charge in [-0.15, -0.1) is 0 Å². The molecule has 2 aliphatic rings. The molecule has 1 atom stereocenters. The molecule has 2 aromatic heterocycles. The lowest BCUT2D eigenvalue weighted by Crippen LogP contribution is -2.43. The fourth-order valence-electron chi connectivity index (χ4n) is 4.60. The van der Waals surface area contributed by atoms with E-state index < -0.39 is 0 Å². The molecule has 2 fully saturated rings. The Labute approximate surface area is 183 Å². The van der Waals surface area contributed by atoms with Crippen molar-refractivity contribution in [2.75, 3.05) is 19.6 Å². The molecule has 3 heterocycles. The Morgan fingerprint density at radius 2 is 2.03 bits per heavy atom. The van der Waals surface area contributed by atoms with E-state index in [0.29, 0.717) is 46.8 Å². The zero-order chi connectivity index (χ0) is 21.4. The van der Waals surface area contributed by atoms with Crippen LogP contribution in [0.15, 0.2) is 40.9 Å². The summed E-state index contributed by atoms with van der Waals surface area (Å²) in [5.41, 5.74) is 3.63. The van der Waals surface area contributed by atoms with Crippen molar-refractivity contribution in [3.8, 4) is 11.3 Å². The Kier molecular flexibility index (Phi) is 5.48. The number of piperidine rings is 1. The zero-order valence-electron chi connectivity index (χ0n) is 18.3. The van der Waals surface area contributed by atoms with Crippen LogP contribution in [0, 0.1) is 5.92 Å². The first-order valence-electron chi connectivity index (χ1n) is 11.5. The average Bonchev–Trinajstić information content (AvgIpc) is 3.56. The predicted molar refractivity (Wildman–Crippen MR) is 121 cm³/mol. The van der Waals surface area contributed by atoms with E-state index in [4.69, 9.17) is 4.52 Å². The van der Waals surface area contributed by atoms with Crippen LogP contribution < -0.4 is 5.32 Å². The summed E-state index contributed by atoms with van der Waals surface area (Å²) in [5.74, 6) is 0.854. The molecule has 5 rings (SSSR count). The minimum absolute atomic E-state index is 0.0589. The number of rotatable bonds is 6. The third-order valence-electron chi connectivity index (χ3n) is 6.59. The van der Waals surface area contributed by atoms with Crippen LogP contribution in [0.4, 0.5) is 0 Å². The van der Waals surface area contributed by atoms with E-state index in [-0.39, 0.29) is 5.91 Å². The number of hydrogen-bond acceptors (Lipinski definition) is 5. The number of carbonyl (C=O) groups is 1. The van der Waals surface area contributed by atoms with Crippen molar-refractivity contribution in [3.05, 3.63) is 47.7 Å². The number of amides is 1. The molecular formula is C25H30N4O2. The van der Waals surface area contributed by atoms with Crippen molar-refractivity contribution >= 4 is 17.0 Å². The summed E-state index contributed by atoms with van der Waals surface area (Å²) in [7, 11) is 0. The molecule has 6 nitrogen and oxygen atoms in total. The summed E-state index contributed by atoms with van der Waals surface area (Å²) in [6, 6.07) is 12.4. The van der Waals surface area contributed by atoms with Gasteiger partial charge in [0.15, 0.2) is 0 Å². The van der Waals surface area contributed by atoms with Gasteiger partial charge in [0.2, 0.25) is 0 Å². The fourth-order valence-corrected chi connectivity index (χ4v) is 4.60. The van der Waals surface area contributed by atoms with Crippen molar-refractivity contribution in [1.82, 2.24) is 20.4 Å². The lowest BCUT2D eigenvalue weighted by Gasteiger charge is -2.35. The summed E-state index contributed by atoms with van der Waals surface area (Å²) < 4.78 is 5.60. The van der Waals surface area contributed by atoms with Crippen molar-refractivity contribution in [2.45, 2.75) is 51.5 Å². The molecule has 1 aliphatic heterocycles. The summed E-state index contributed by atoms with van der Waals surface area (Å²) in [4.78, 5) is 20.6. The first kappa shape index (κ1) is 20.2. The molecule has 6 heteroatoms. The second-order valence-electron chi connectivity index (χ2n) is 9.25. The number of aromatic nitrogens is 2. The molecule has 1 saturated carbocycles. The van der Waals surface area contributed by atoms with Crippen LogP contribution >= 0.6 is 0 Å². The summed E-state index contributed by atoms with van der Waals surface area (Å²) in [6.45, 7) is 7.37. The molecule has 0 bridgehead atoms. The number of carbonyl (C=O) groups excluding carboxylic acids is 1. The minimum atomic E-state index is -0.0589. The maximum atomic E-state index is 13.4. The number of likely N-dealkylation sites (tertiary alicyclic amines) is 1. The molecular weight excluding hydrogens is 388 g/mol. The van der Waals surface area contributed by atoms with Gasteiger partial charge in [-0.25, -0.2) is 4.98 Å².